The van der Waals surface area contributed by atoms with E-state index in [-0.39, 0.29) is 11.1 Å². The Hall–Kier alpha value is -4.04. The first-order chi connectivity index (χ1) is 19.5. The smallest absolute Gasteiger partial charge is 0.268 e. The van der Waals surface area contributed by atoms with Crippen molar-refractivity contribution in [1.82, 2.24) is 24.8 Å². The summed E-state index contributed by atoms with van der Waals surface area (Å²) in [5.41, 5.74) is 3.62. The van der Waals surface area contributed by atoms with Crippen LogP contribution in [-0.2, 0) is 6.54 Å². The molecule has 1 aliphatic heterocycles. The number of nitrogens with one attached hydrogen (secondary N) is 2. The number of hydrogen-bond donors (Lipinski definition) is 2. The number of aryl methyl sites for hydroxylation is 1. The lowest BCUT2D eigenvalue weighted by Crippen LogP contribution is -2.41. The van der Waals surface area contributed by atoms with E-state index in [1.807, 2.05) is 17.5 Å². The summed E-state index contributed by atoms with van der Waals surface area (Å²) in [5, 5.41) is 10.3. The lowest BCUT2D eigenvalue weighted by molar-refractivity contribution is 0.443. The fourth-order valence-corrected chi connectivity index (χ4v) is 6.95. The van der Waals surface area contributed by atoms with Gasteiger partial charge in [-0.15, -0.1) is 29.1 Å². The predicted molar refractivity (Wildman–Crippen MR) is 165 cm³/mol. The second-order valence-electron chi connectivity index (χ2n) is 9.88. The van der Waals surface area contributed by atoms with Gasteiger partial charge in [-0.05, 0) is 74.8 Å². The van der Waals surface area contributed by atoms with Gasteiger partial charge in [-0.2, -0.15) is 4.98 Å². The van der Waals surface area contributed by atoms with Gasteiger partial charge in [-0.25, -0.2) is 9.97 Å². The molecule has 1 aliphatic rings. The number of hydrogen-bond acceptors (Lipinski definition) is 9. The molecule has 8 nitrogen and oxygen atoms in total. The van der Waals surface area contributed by atoms with Crippen molar-refractivity contribution in [2.24, 2.45) is 0 Å². The van der Waals surface area contributed by atoms with Crippen molar-refractivity contribution in [2.75, 3.05) is 30.4 Å². The monoisotopic (exact) mass is 567 g/mol. The Bertz CT molecular complexity index is 1740. The van der Waals surface area contributed by atoms with Crippen molar-refractivity contribution >= 4 is 51.0 Å². The molecule has 5 heterocycles. The number of thiazole rings is 1. The van der Waals surface area contributed by atoms with Crippen LogP contribution in [0.3, 0.4) is 0 Å². The van der Waals surface area contributed by atoms with E-state index < -0.39 is 0 Å². The average Bonchev–Trinajstić information content (AvgIpc) is 3.64. The first-order valence-corrected chi connectivity index (χ1v) is 14.9. The van der Waals surface area contributed by atoms with Crippen molar-refractivity contribution in [3.8, 4) is 22.2 Å². The topological polar surface area (TPSA) is 88.0 Å². The van der Waals surface area contributed by atoms with Crippen LogP contribution in [0.25, 0.3) is 20.9 Å². The molecule has 0 spiro atoms. The fourth-order valence-electron chi connectivity index (χ4n) is 5.15. The molecule has 0 bridgehead atoms. The Labute approximate surface area is 240 Å². The fraction of sp³-hybridized carbons (Fsp3) is 0.267. The molecule has 202 valence electrons. The zero-order valence-electron chi connectivity index (χ0n) is 22.3. The number of benzene rings is 1. The van der Waals surface area contributed by atoms with E-state index in [9.17, 15) is 4.79 Å². The zero-order chi connectivity index (χ0) is 27.6. The molecule has 4 aromatic heterocycles. The SMILES string of the molecule is C#Cc1cc2cnc(Nc3ccc(N(C)C4CCNCC4)cc3)nc2n(Cc2cc(C)sc2-c2nccs2)c1=O. The van der Waals surface area contributed by atoms with E-state index >= 15 is 0 Å². The normalized spacial score (nSPS) is 13.8. The van der Waals surface area contributed by atoms with Gasteiger partial charge in [0.25, 0.3) is 5.56 Å². The summed E-state index contributed by atoms with van der Waals surface area (Å²) in [4.78, 5) is 31.8. The summed E-state index contributed by atoms with van der Waals surface area (Å²) in [5.74, 6) is 2.95. The third-order valence-electron chi connectivity index (χ3n) is 7.26. The molecule has 1 aromatic carbocycles. The molecule has 1 fully saturated rings. The summed E-state index contributed by atoms with van der Waals surface area (Å²) in [6.45, 7) is 4.50. The number of rotatable bonds is 7. The minimum Gasteiger partial charge on any atom is -0.372 e. The van der Waals surface area contributed by atoms with Gasteiger partial charge in [-0.1, -0.05) is 5.92 Å². The Kier molecular flexibility index (Phi) is 7.34. The summed E-state index contributed by atoms with van der Waals surface area (Å²) >= 11 is 3.25. The molecule has 5 aromatic rings. The molecule has 0 unspecified atom stereocenters. The summed E-state index contributed by atoms with van der Waals surface area (Å²) in [6.07, 6.45) is 11.5. The second-order valence-corrected chi connectivity index (χ2v) is 12.0. The molecular weight excluding hydrogens is 539 g/mol. The van der Waals surface area contributed by atoms with Gasteiger partial charge in [0.2, 0.25) is 5.95 Å². The Morgan fingerprint density at radius 3 is 2.73 bits per heavy atom. The number of pyridine rings is 1. The molecule has 0 amide bonds. The third kappa shape index (κ3) is 5.23. The van der Waals surface area contributed by atoms with Crippen LogP contribution in [0.4, 0.5) is 17.3 Å². The molecule has 10 heteroatoms. The van der Waals surface area contributed by atoms with Gasteiger partial charge >= 0.3 is 0 Å². The molecule has 1 saturated heterocycles. The molecule has 6 rings (SSSR count). The van der Waals surface area contributed by atoms with E-state index in [2.05, 4.69) is 63.6 Å². The van der Waals surface area contributed by atoms with Crippen molar-refractivity contribution < 1.29 is 0 Å². The average molecular weight is 568 g/mol. The second kappa shape index (κ2) is 11.2. The van der Waals surface area contributed by atoms with Crippen LogP contribution in [-0.4, -0.2) is 45.7 Å². The number of fused-ring (bicyclic) bond motifs is 1. The number of anilines is 3. The van der Waals surface area contributed by atoms with E-state index in [0.717, 1.165) is 51.9 Å². The highest BCUT2D eigenvalue weighted by molar-refractivity contribution is 7.21. The Morgan fingerprint density at radius 1 is 1.20 bits per heavy atom. The first kappa shape index (κ1) is 26.2. The zero-order valence-corrected chi connectivity index (χ0v) is 24.0. The van der Waals surface area contributed by atoms with E-state index in [1.54, 1.807) is 45.7 Å². The highest BCUT2D eigenvalue weighted by Gasteiger charge is 2.19. The van der Waals surface area contributed by atoms with E-state index in [0.29, 0.717) is 29.6 Å². The third-order valence-corrected chi connectivity index (χ3v) is 9.28. The lowest BCUT2D eigenvalue weighted by atomic mass is 10.0. The van der Waals surface area contributed by atoms with Gasteiger partial charge in [-0.3, -0.25) is 9.36 Å². The minimum atomic E-state index is -0.251. The van der Waals surface area contributed by atoms with Gasteiger partial charge in [0.1, 0.15) is 10.7 Å². The van der Waals surface area contributed by atoms with Gasteiger partial charge in [0, 0.05) is 52.5 Å². The standard InChI is InChI=1S/C30H29N7OS2/c1-4-20-16-21-17-33-30(34-23-5-7-24(8-6-23)36(3)25-9-11-31-12-10-25)35-27(21)37(29(20)38)18-22-15-19(2)40-26(22)28-32-13-14-39-28/h1,5-8,13-17,25,31H,9-12,18H2,2-3H3,(H,33,34,35). The van der Waals surface area contributed by atoms with Gasteiger partial charge in [0.05, 0.1) is 17.0 Å². The maximum Gasteiger partial charge on any atom is 0.268 e. The highest BCUT2D eigenvalue weighted by atomic mass is 32.1. The number of piperidine rings is 1. The van der Waals surface area contributed by atoms with Crippen molar-refractivity contribution in [2.45, 2.75) is 32.4 Å². The largest absolute Gasteiger partial charge is 0.372 e. The number of aromatic nitrogens is 4. The summed E-state index contributed by atoms with van der Waals surface area (Å²) < 4.78 is 1.65. The van der Waals surface area contributed by atoms with Crippen LogP contribution in [0, 0.1) is 19.3 Å². The molecule has 0 radical (unpaired) electrons. The lowest BCUT2D eigenvalue weighted by Gasteiger charge is -2.33. The van der Waals surface area contributed by atoms with Crippen LogP contribution in [0.1, 0.15) is 28.8 Å². The van der Waals surface area contributed by atoms with Gasteiger partial charge < -0.3 is 15.5 Å². The molecular formula is C30H29N7OS2. The van der Waals surface area contributed by atoms with Crippen molar-refractivity contribution in [3.05, 3.63) is 80.5 Å². The molecule has 40 heavy (non-hydrogen) atoms. The van der Waals surface area contributed by atoms with Crippen LogP contribution < -0.4 is 21.1 Å². The van der Waals surface area contributed by atoms with Gasteiger partial charge in [0.15, 0.2) is 0 Å². The molecule has 0 saturated carbocycles. The van der Waals surface area contributed by atoms with E-state index in [1.165, 1.54) is 5.69 Å². The molecule has 2 N–H and O–H groups in total. The van der Waals surface area contributed by atoms with Crippen LogP contribution in [0.15, 0.2) is 59.0 Å². The number of thiophene rings is 1. The van der Waals surface area contributed by atoms with Crippen molar-refractivity contribution in [3.63, 3.8) is 0 Å². The summed E-state index contributed by atoms with van der Waals surface area (Å²) in [7, 11) is 2.16. The molecule has 0 atom stereocenters. The highest BCUT2D eigenvalue weighted by Crippen LogP contribution is 2.34. The predicted octanol–water partition coefficient (Wildman–Crippen LogP) is 5.25. The number of nitrogens with zero attached hydrogens (tertiary/aromatic N) is 5. The minimum absolute atomic E-state index is 0.251. The molecule has 0 aliphatic carbocycles. The number of terminal acetylenes is 1. The maximum absolute atomic E-state index is 13.4. The van der Waals surface area contributed by atoms with E-state index in [4.69, 9.17) is 11.4 Å². The Balaban J connectivity index is 1.32. The summed E-state index contributed by atoms with van der Waals surface area (Å²) in [6, 6.07) is 12.6. The van der Waals surface area contributed by atoms with Crippen LogP contribution in [0.5, 0.6) is 0 Å². The quantitative estimate of drug-likeness (QED) is 0.260. The van der Waals surface area contributed by atoms with Crippen molar-refractivity contribution in [1.29, 1.82) is 0 Å². The first-order valence-electron chi connectivity index (χ1n) is 13.2. The van der Waals surface area contributed by atoms with Crippen LogP contribution in [0.2, 0.25) is 0 Å². The van der Waals surface area contributed by atoms with Crippen LogP contribution >= 0.6 is 22.7 Å². The maximum atomic E-state index is 13.4. The Morgan fingerprint density at radius 2 is 2.00 bits per heavy atom.